The molecule has 0 spiro atoms. The topological polar surface area (TPSA) is 83.6 Å². The molecule has 2 rings (SSSR count). The molecule has 1 saturated heterocycles. The number of aromatic nitrogens is 4. The molecule has 7 heteroatoms. The molecule has 1 atom stereocenters. The minimum atomic E-state index is 0.0970. The Labute approximate surface area is 85.2 Å². The van der Waals surface area contributed by atoms with E-state index in [1.54, 1.807) is 0 Å². The van der Waals surface area contributed by atoms with Gasteiger partial charge in [-0.05, 0) is 12.2 Å². The van der Waals surface area contributed by atoms with Crippen LogP contribution in [0.3, 0.4) is 0 Å². The first-order chi connectivity index (χ1) is 6.86. The third-order valence-corrected chi connectivity index (χ3v) is 3.27. The van der Waals surface area contributed by atoms with Crippen molar-refractivity contribution in [2.75, 3.05) is 11.5 Å². The highest BCUT2D eigenvalue weighted by Gasteiger charge is 2.22. The van der Waals surface area contributed by atoms with Gasteiger partial charge >= 0.3 is 0 Å². The van der Waals surface area contributed by atoms with Crippen molar-refractivity contribution < 1.29 is 4.79 Å². The van der Waals surface area contributed by atoms with Gasteiger partial charge in [-0.25, -0.2) is 0 Å². The summed E-state index contributed by atoms with van der Waals surface area (Å²) in [6, 6.07) is 0. The summed E-state index contributed by atoms with van der Waals surface area (Å²) < 4.78 is 0. The first-order valence-electron chi connectivity index (χ1n) is 4.44. The van der Waals surface area contributed by atoms with Crippen molar-refractivity contribution >= 4 is 17.7 Å². The molecule has 1 aromatic heterocycles. The Hall–Kier alpha value is -1.11. The van der Waals surface area contributed by atoms with Gasteiger partial charge in [-0.15, -0.1) is 10.2 Å². The Morgan fingerprint density at radius 2 is 2.64 bits per heavy atom. The van der Waals surface area contributed by atoms with Gasteiger partial charge < -0.3 is 5.32 Å². The van der Waals surface area contributed by atoms with Crippen LogP contribution in [0.15, 0.2) is 0 Å². The normalized spacial score (nSPS) is 21.0. The molecular formula is C7H11N5OS. The molecule has 1 amide bonds. The summed E-state index contributed by atoms with van der Waals surface area (Å²) in [7, 11) is 0. The van der Waals surface area contributed by atoms with Crippen molar-refractivity contribution in [3.63, 3.8) is 0 Å². The van der Waals surface area contributed by atoms with Gasteiger partial charge in [0.15, 0.2) is 5.82 Å². The zero-order valence-electron chi connectivity index (χ0n) is 7.56. The number of nitrogens with one attached hydrogen (secondary N) is 2. The maximum Gasteiger partial charge on any atom is 0.224 e. The smallest absolute Gasteiger partial charge is 0.224 e. The van der Waals surface area contributed by atoms with Crippen molar-refractivity contribution in [1.82, 2.24) is 25.9 Å². The molecule has 0 aliphatic carbocycles. The highest BCUT2D eigenvalue weighted by molar-refractivity contribution is 7.99. The van der Waals surface area contributed by atoms with Gasteiger partial charge in [0, 0.05) is 11.7 Å². The summed E-state index contributed by atoms with van der Waals surface area (Å²) in [6.45, 7) is 0.358. The second-order valence-electron chi connectivity index (χ2n) is 3.11. The van der Waals surface area contributed by atoms with Crippen LogP contribution >= 0.6 is 11.8 Å². The average molecular weight is 213 g/mol. The molecule has 76 valence electrons. The molecule has 2 N–H and O–H groups in total. The number of thioether (sulfide) groups is 1. The molecule has 0 bridgehead atoms. The second-order valence-corrected chi connectivity index (χ2v) is 4.26. The summed E-state index contributed by atoms with van der Waals surface area (Å²) >= 11 is 1.82. The Bertz CT molecular complexity index is 295. The molecule has 2 heterocycles. The lowest BCUT2D eigenvalue weighted by atomic mass is 10.1. The number of hydrogen-bond acceptors (Lipinski definition) is 5. The fourth-order valence-corrected chi connectivity index (χ4v) is 2.53. The van der Waals surface area contributed by atoms with Crippen molar-refractivity contribution in [3.8, 4) is 0 Å². The molecule has 1 unspecified atom stereocenters. The van der Waals surface area contributed by atoms with Crippen LogP contribution in [0.25, 0.3) is 0 Å². The summed E-state index contributed by atoms with van der Waals surface area (Å²) in [5.41, 5.74) is 0. The van der Waals surface area contributed by atoms with Crippen LogP contribution in [-0.2, 0) is 11.3 Å². The number of hydrogen-bond donors (Lipinski definition) is 2. The van der Waals surface area contributed by atoms with Gasteiger partial charge in [-0.3, -0.25) is 4.79 Å². The van der Waals surface area contributed by atoms with Crippen LogP contribution in [0, 0.1) is 5.92 Å². The minimum absolute atomic E-state index is 0.0970. The largest absolute Gasteiger partial charge is 0.348 e. The Kier molecular flexibility index (Phi) is 2.97. The van der Waals surface area contributed by atoms with E-state index in [2.05, 4.69) is 25.9 Å². The predicted molar refractivity (Wildman–Crippen MR) is 51.5 cm³/mol. The predicted octanol–water partition coefficient (Wildman–Crippen LogP) is -0.431. The molecule has 1 fully saturated rings. The van der Waals surface area contributed by atoms with Crippen LogP contribution in [0.4, 0.5) is 0 Å². The third-order valence-electron chi connectivity index (χ3n) is 2.11. The van der Waals surface area contributed by atoms with E-state index in [0.717, 1.165) is 17.9 Å². The van der Waals surface area contributed by atoms with E-state index in [0.29, 0.717) is 12.4 Å². The fourth-order valence-electron chi connectivity index (χ4n) is 1.31. The highest BCUT2D eigenvalue weighted by Crippen LogP contribution is 2.23. The van der Waals surface area contributed by atoms with Gasteiger partial charge in [0.25, 0.3) is 0 Å². The van der Waals surface area contributed by atoms with Crippen LogP contribution < -0.4 is 5.32 Å². The van der Waals surface area contributed by atoms with E-state index in [1.165, 1.54) is 0 Å². The van der Waals surface area contributed by atoms with Gasteiger partial charge in [0.1, 0.15) is 0 Å². The van der Waals surface area contributed by atoms with Crippen LogP contribution in [0.5, 0.6) is 0 Å². The lowest BCUT2D eigenvalue weighted by Gasteiger charge is -2.07. The van der Waals surface area contributed by atoms with Crippen molar-refractivity contribution in [2.45, 2.75) is 13.0 Å². The van der Waals surface area contributed by atoms with Crippen molar-refractivity contribution in [1.29, 1.82) is 0 Å². The lowest BCUT2D eigenvalue weighted by molar-refractivity contribution is -0.124. The number of H-pyrrole nitrogens is 1. The molecule has 1 aliphatic heterocycles. The van der Waals surface area contributed by atoms with E-state index in [4.69, 9.17) is 0 Å². The highest BCUT2D eigenvalue weighted by atomic mass is 32.2. The number of nitrogens with zero attached hydrogens (tertiary/aromatic N) is 3. The summed E-state index contributed by atoms with van der Waals surface area (Å²) in [4.78, 5) is 11.5. The Balaban J connectivity index is 1.77. The average Bonchev–Trinajstić information content (AvgIpc) is 2.87. The van der Waals surface area contributed by atoms with Crippen molar-refractivity contribution in [2.24, 2.45) is 5.92 Å². The van der Waals surface area contributed by atoms with Gasteiger partial charge in [0.05, 0.1) is 6.54 Å². The SMILES string of the molecule is O=C(NCc1nn[nH]n1)C1CCSC1. The first-order valence-corrected chi connectivity index (χ1v) is 5.59. The van der Waals surface area contributed by atoms with E-state index < -0.39 is 0 Å². The van der Waals surface area contributed by atoms with E-state index in [1.807, 2.05) is 11.8 Å². The molecular weight excluding hydrogens is 202 g/mol. The molecule has 0 radical (unpaired) electrons. The quantitative estimate of drug-likeness (QED) is 0.711. The number of aromatic amines is 1. The number of rotatable bonds is 3. The van der Waals surface area contributed by atoms with Crippen LogP contribution in [0.2, 0.25) is 0 Å². The molecule has 6 nitrogen and oxygen atoms in total. The van der Waals surface area contributed by atoms with Crippen molar-refractivity contribution in [3.05, 3.63) is 5.82 Å². The standard InChI is InChI=1S/C7H11N5OS/c13-7(5-1-2-14-4-5)8-3-6-9-11-12-10-6/h5H,1-4H2,(H,8,13)(H,9,10,11,12). The third kappa shape index (κ3) is 2.22. The maximum atomic E-state index is 11.5. The molecule has 1 aromatic rings. The Morgan fingerprint density at radius 1 is 1.71 bits per heavy atom. The summed E-state index contributed by atoms with van der Waals surface area (Å²) in [6.07, 6.45) is 0.975. The van der Waals surface area contributed by atoms with Gasteiger partial charge in [0.2, 0.25) is 5.91 Å². The number of carbonyl (C=O) groups is 1. The van der Waals surface area contributed by atoms with Crippen LogP contribution in [0.1, 0.15) is 12.2 Å². The van der Waals surface area contributed by atoms with Crippen LogP contribution in [-0.4, -0.2) is 38.0 Å². The lowest BCUT2D eigenvalue weighted by Crippen LogP contribution is -2.30. The van der Waals surface area contributed by atoms with Gasteiger partial charge in [-0.1, -0.05) is 5.21 Å². The minimum Gasteiger partial charge on any atom is -0.348 e. The summed E-state index contributed by atoms with van der Waals surface area (Å²) in [5.74, 6) is 2.79. The second kappa shape index (κ2) is 4.41. The molecule has 0 aromatic carbocycles. The number of tetrazole rings is 1. The molecule has 1 aliphatic rings. The summed E-state index contributed by atoms with van der Waals surface area (Å²) in [5, 5.41) is 16.0. The molecule has 0 saturated carbocycles. The van der Waals surface area contributed by atoms with E-state index in [-0.39, 0.29) is 11.8 Å². The monoisotopic (exact) mass is 213 g/mol. The number of amides is 1. The maximum absolute atomic E-state index is 11.5. The van der Waals surface area contributed by atoms with Gasteiger partial charge in [-0.2, -0.15) is 17.0 Å². The zero-order valence-corrected chi connectivity index (χ0v) is 8.38. The fraction of sp³-hybridized carbons (Fsp3) is 0.714. The zero-order chi connectivity index (χ0) is 9.80. The Morgan fingerprint density at radius 3 is 3.29 bits per heavy atom. The van der Waals surface area contributed by atoms with E-state index in [9.17, 15) is 4.79 Å². The van der Waals surface area contributed by atoms with E-state index >= 15 is 0 Å². The first kappa shape index (κ1) is 9.45. The number of carbonyl (C=O) groups excluding carboxylic acids is 1. The molecule has 14 heavy (non-hydrogen) atoms.